The van der Waals surface area contributed by atoms with Gasteiger partial charge in [0.05, 0.1) is 13.0 Å². The van der Waals surface area contributed by atoms with Crippen molar-refractivity contribution in [2.24, 2.45) is 0 Å². The Kier molecular flexibility index (Phi) is 4.97. The normalized spacial score (nSPS) is 10.8. The van der Waals surface area contributed by atoms with Crippen molar-refractivity contribution in [3.8, 4) is 5.75 Å². The lowest BCUT2D eigenvalue weighted by Crippen LogP contribution is -2.01. The third-order valence-corrected chi connectivity index (χ3v) is 2.16. The summed E-state index contributed by atoms with van der Waals surface area (Å²) in [6.07, 6.45) is 2.95. The molecule has 0 atom stereocenters. The molecule has 0 bridgehead atoms. The summed E-state index contributed by atoms with van der Waals surface area (Å²) in [5, 5.41) is 9.57. The van der Waals surface area contributed by atoms with Crippen molar-refractivity contribution >= 4 is 23.6 Å². The quantitative estimate of drug-likeness (QED) is 0.844. The molecule has 0 radical (unpaired) electrons. The molecule has 92 valence electrons. The van der Waals surface area contributed by atoms with Crippen LogP contribution in [0.2, 0.25) is 5.02 Å². The maximum atomic E-state index is 13.1. The van der Waals surface area contributed by atoms with Gasteiger partial charge in [0.1, 0.15) is 0 Å². The highest BCUT2D eigenvalue weighted by molar-refractivity contribution is 6.30. The number of halogens is 2. The van der Waals surface area contributed by atoms with Crippen LogP contribution >= 0.6 is 11.6 Å². The Morgan fingerprint density at radius 1 is 1.59 bits per heavy atom. The summed E-state index contributed by atoms with van der Waals surface area (Å²) in [5.74, 6) is -1.67. The maximum absolute atomic E-state index is 13.1. The van der Waals surface area contributed by atoms with Crippen molar-refractivity contribution in [3.63, 3.8) is 0 Å². The van der Waals surface area contributed by atoms with Gasteiger partial charge in [0.25, 0.3) is 0 Å². The van der Waals surface area contributed by atoms with Crippen LogP contribution in [0.15, 0.2) is 18.2 Å². The van der Waals surface area contributed by atoms with Crippen molar-refractivity contribution < 1.29 is 19.0 Å². The third kappa shape index (κ3) is 4.07. The Morgan fingerprint density at radius 3 is 2.94 bits per heavy atom. The molecule has 3 nitrogen and oxygen atoms in total. The lowest BCUT2D eigenvalue weighted by molar-refractivity contribution is -0.142. The molecular weight excluding hydrogens is 247 g/mol. The second kappa shape index (κ2) is 6.25. The van der Waals surface area contributed by atoms with E-state index in [9.17, 15) is 14.3 Å². The highest BCUT2D eigenvalue weighted by Gasteiger charge is 2.06. The van der Waals surface area contributed by atoms with Gasteiger partial charge in [0, 0.05) is 10.6 Å². The van der Waals surface area contributed by atoms with Gasteiger partial charge in [-0.3, -0.25) is 4.79 Å². The fraction of sp³-hybridized carbons (Fsp3) is 0.250. The van der Waals surface area contributed by atoms with Crippen molar-refractivity contribution in [2.75, 3.05) is 6.61 Å². The SMILES string of the molecule is CCOC(=O)CC=Cc1cc(Cl)cc(F)c1O. The summed E-state index contributed by atoms with van der Waals surface area (Å²) >= 11 is 5.64. The van der Waals surface area contributed by atoms with Gasteiger partial charge in [-0.1, -0.05) is 23.8 Å². The molecule has 0 aliphatic carbocycles. The molecule has 0 saturated heterocycles. The molecule has 0 fully saturated rings. The van der Waals surface area contributed by atoms with Crippen LogP contribution in [0.3, 0.4) is 0 Å². The van der Waals surface area contributed by atoms with Gasteiger partial charge in [0.2, 0.25) is 0 Å². The van der Waals surface area contributed by atoms with Crippen LogP contribution in [-0.4, -0.2) is 17.7 Å². The predicted molar refractivity (Wildman–Crippen MR) is 63.4 cm³/mol. The molecule has 0 aromatic heterocycles. The number of carbonyl (C=O) groups excluding carboxylic acids is 1. The summed E-state index contributed by atoms with van der Waals surface area (Å²) in [6, 6.07) is 2.42. The second-order valence-electron chi connectivity index (χ2n) is 3.24. The molecule has 0 spiro atoms. The van der Waals surface area contributed by atoms with Crippen molar-refractivity contribution in [1.82, 2.24) is 0 Å². The molecule has 0 heterocycles. The number of carbonyl (C=O) groups is 1. The van der Waals surface area contributed by atoms with Gasteiger partial charge >= 0.3 is 5.97 Å². The van der Waals surface area contributed by atoms with E-state index in [1.54, 1.807) is 6.92 Å². The fourth-order valence-corrected chi connectivity index (χ4v) is 1.43. The maximum Gasteiger partial charge on any atom is 0.309 e. The standard InChI is InChI=1S/C12H12ClFO3/c1-2-17-11(15)5-3-4-8-6-9(13)7-10(14)12(8)16/h3-4,6-7,16H,2,5H2,1H3. The van der Waals surface area contributed by atoms with Gasteiger partial charge in [0.15, 0.2) is 11.6 Å². The first-order valence-corrected chi connectivity index (χ1v) is 5.42. The minimum atomic E-state index is -0.798. The van der Waals surface area contributed by atoms with Crippen LogP contribution in [0.25, 0.3) is 6.08 Å². The first kappa shape index (κ1) is 13.5. The molecule has 0 aliphatic heterocycles. The van der Waals surface area contributed by atoms with Gasteiger partial charge in [-0.2, -0.15) is 0 Å². The molecule has 1 aromatic rings. The van der Waals surface area contributed by atoms with Crippen LogP contribution in [0.5, 0.6) is 5.75 Å². The zero-order chi connectivity index (χ0) is 12.8. The summed E-state index contributed by atoms with van der Waals surface area (Å²) in [7, 11) is 0. The number of phenolic OH excluding ortho intramolecular Hbond substituents is 1. The fourth-order valence-electron chi connectivity index (χ4n) is 1.21. The zero-order valence-corrected chi connectivity index (χ0v) is 10.00. The summed E-state index contributed by atoms with van der Waals surface area (Å²) < 4.78 is 17.8. The largest absolute Gasteiger partial charge is 0.504 e. The average Bonchev–Trinajstić information content (AvgIpc) is 2.25. The van der Waals surface area contributed by atoms with E-state index >= 15 is 0 Å². The minimum absolute atomic E-state index is 0.0570. The number of ether oxygens (including phenoxy) is 1. The Morgan fingerprint density at radius 2 is 2.29 bits per heavy atom. The lowest BCUT2D eigenvalue weighted by atomic mass is 10.1. The number of hydrogen-bond donors (Lipinski definition) is 1. The number of esters is 1. The topological polar surface area (TPSA) is 46.5 Å². The molecule has 1 N–H and O–H groups in total. The summed E-state index contributed by atoms with van der Waals surface area (Å²) in [5.41, 5.74) is 0.222. The minimum Gasteiger partial charge on any atom is -0.504 e. The van der Waals surface area contributed by atoms with E-state index in [2.05, 4.69) is 0 Å². The van der Waals surface area contributed by atoms with Crippen LogP contribution in [0, 0.1) is 5.82 Å². The van der Waals surface area contributed by atoms with E-state index in [-0.39, 0.29) is 23.0 Å². The molecule has 0 amide bonds. The molecule has 0 aliphatic rings. The Hall–Kier alpha value is -1.55. The van der Waals surface area contributed by atoms with Gasteiger partial charge in [-0.25, -0.2) is 4.39 Å². The van der Waals surface area contributed by atoms with E-state index < -0.39 is 11.6 Å². The second-order valence-corrected chi connectivity index (χ2v) is 3.67. The van der Waals surface area contributed by atoms with Crippen molar-refractivity contribution in [1.29, 1.82) is 0 Å². The van der Waals surface area contributed by atoms with Crippen LogP contribution < -0.4 is 0 Å². The summed E-state index contributed by atoms with van der Waals surface area (Å²) in [4.78, 5) is 11.0. The first-order valence-electron chi connectivity index (χ1n) is 5.04. The molecule has 0 saturated carbocycles. The molecule has 1 aromatic carbocycles. The highest BCUT2D eigenvalue weighted by atomic mass is 35.5. The zero-order valence-electron chi connectivity index (χ0n) is 9.24. The van der Waals surface area contributed by atoms with Crippen molar-refractivity contribution in [2.45, 2.75) is 13.3 Å². The van der Waals surface area contributed by atoms with Crippen molar-refractivity contribution in [3.05, 3.63) is 34.6 Å². The Bertz CT molecular complexity index is 444. The number of rotatable bonds is 4. The van der Waals surface area contributed by atoms with E-state index in [4.69, 9.17) is 16.3 Å². The Balaban J connectivity index is 2.74. The summed E-state index contributed by atoms with van der Waals surface area (Å²) in [6.45, 7) is 2.02. The van der Waals surface area contributed by atoms with E-state index in [1.807, 2.05) is 0 Å². The molecule has 0 unspecified atom stereocenters. The van der Waals surface area contributed by atoms with E-state index in [0.717, 1.165) is 6.07 Å². The number of aromatic hydroxyl groups is 1. The predicted octanol–water partition coefficient (Wildman–Crippen LogP) is 3.15. The monoisotopic (exact) mass is 258 g/mol. The molecule has 1 rings (SSSR count). The Labute approximate surface area is 103 Å². The molecule has 5 heteroatoms. The number of hydrogen-bond acceptors (Lipinski definition) is 3. The molecule has 17 heavy (non-hydrogen) atoms. The third-order valence-electron chi connectivity index (χ3n) is 1.94. The van der Waals surface area contributed by atoms with Gasteiger partial charge in [-0.05, 0) is 19.1 Å². The van der Waals surface area contributed by atoms with Crippen LogP contribution in [0.1, 0.15) is 18.9 Å². The van der Waals surface area contributed by atoms with Gasteiger partial charge in [-0.15, -0.1) is 0 Å². The lowest BCUT2D eigenvalue weighted by Gasteiger charge is -2.01. The average molecular weight is 259 g/mol. The smallest absolute Gasteiger partial charge is 0.309 e. The highest BCUT2D eigenvalue weighted by Crippen LogP contribution is 2.26. The van der Waals surface area contributed by atoms with E-state index in [1.165, 1.54) is 18.2 Å². The van der Waals surface area contributed by atoms with Crippen LogP contribution in [-0.2, 0) is 9.53 Å². The number of benzene rings is 1. The molecular formula is C12H12ClFO3. The van der Waals surface area contributed by atoms with Gasteiger partial charge < -0.3 is 9.84 Å². The van der Waals surface area contributed by atoms with Crippen LogP contribution in [0.4, 0.5) is 4.39 Å². The van der Waals surface area contributed by atoms with E-state index in [0.29, 0.717) is 6.61 Å². The first-order chi connectivity index (χ1) is 8.04. The number of phenols is 1.